The van der Waals surface area contributed by atoms with Crippen LogP contribution in [0.5, 0.6) is 5.75 Å². The lowest BCUT2D eigenvalue weighted by Gasteiger charge is -2.29. The van der Waals surface area contributed by atoms with Gasteiger partial charge in [0.15, 0.2) is 0 Å². The van der Waals surface area contributed by atoms with Gasteiger partial charge in [-0.15, -0.1) is 0 Å². The van der Waals surface area contributed by atoms with E-state index in [1.165, 1.54) is 17.7 Å². The second-order valence-electron chi connectivity index (χ2n) is 8.08. The maximum atomic E-state index is 13.9. The Morgan fingerprint density at radius 1 is 1.07 bits per heavy atom. The van der Waals surface area contributed by atoms with Gasteiger partial charge in [-0.2, -0.15) is 5.26 Å². The first-order valence-electron chi connectivity index (χ1n) is 10.8. The number of aryl methyl sites for hydroxylation is 1. The van der Waals surface area contributed by atoms with E-state index >= 15 is 0 Å². The molecule has 0 radical (unpaired) electrons. The molecule has 3 rings (SSSR count). The lowest BCUT2D eigenvalue weighted by atomic mass is 9.76. The summed E-state index contributed by atoms with van der Waals surface area (Å²) in [6, 6.07) is 12.6. The fourth-order valence-corrected chi connectivity index (χ4v) is 4.25. The number of halogens is 2. The Morgan fingerprint density at radius 3 is 2.33 bits per heavy atom. The van der Waals surface area contributed by atoms with Crippen LogP contribution >= 0.6 is 0 Å². The van der Waals surface area contributed by atoms with Gasteiger partial charge in [0.2, 0.25) is 0 Å². The number of benzene rings is 2. The van der Waals surface area contributed by atoms with Gasteiger partial charge in [-0.05, 0) is 99.1 Å². The molecule has 0 atom stereocenters. The Bertz CT molecular complexity index is 867. The molecule has 2 aromatic carbocycles. The van der Waals surface area contributed by atoms with E-state index in [0.29, 0.717) is 18.1 Å². The molecule has 0 aliphatic heterocycles. The van der Waals surface area contributed by atoms with E-state index in [0.717, 1.165) is 50.7 Å². The van der Waals surface area contributed by atoms with Gasteiger partial charge in [-0.1, -0.05) is 24.3 Å². The number of nitrogens with zero attached hydrogens (tertiary/aromatic N) is 1. The molecule has 0 saturated heterocycles. The van der Waals surface area contributed by atoms with Crippen LogP contribution in [0.25, 0.3) is 0 Å². The molecule has 158 valence electrons. The highest BCUT2D eigenvalue weighted by molar-refractivity contribution is 5.36. The summed E-state index contributed by atoms with van der Waals surface area (Å²) in [4.78, 5) is 0. The fraction of sp³-hybridized carbons (Fsp3) is 0.423. The van der Waals surface area contributed by atoms with Crippen molar-refractivity contribution in [2.75, 3.05) is 6.61 Å². The summed E-state index contributed by atoms with van der Waals surface area (Å²) >= 11 is 0. The molecule has 0 unspecified atom stereocenters. The van der Waals surface area contributed by atoms with Crippen LogP contribution in [0.15, 0.2) is 48.6 Å². The third-order valence-electron chi connectivity index (χ3n) is 6.05. The lowest BCUT2D eigenvalue weighted by Crippen LogP contribution is -2.14. The molecule has 30 heavy (non-hydrogen) atoms. The summed E-state index contributed by atoms with van der Waals surface area (Å²) in [6.07, 6.45) is 11.2. The maximum absolute atomic E-state index is 13.9. The Morgan fingerprint density at radius 2 is 1.73 bits per heavy atom. The van der Waals surface area contributed by atoms with Crippen molar-refractivity contribution in [2.45, 2.75) is 57.8 Å². The zero-order valence-corrected chi connectivity index (χ0v) is 17.5. The molecule has 0 N–H and O–H groups in total. The Hall–Kier alpha value is -2.67. The number of allylic oxidation sites excluding steroid dienone is 1. The van der Waals surface area contributed by atoms with Gasteiger partial charge in [-0.25, -0.2) is 8.78 Å². The van der Waals surface area contributed by atoms with Crippen molar-refractivity contribution in [1.82, 2.24) is 0 Å². The second-order valence-corrected chi connectivity index (χ2v) is 8.08. The topological polar surface area (TPSA) is 33.0 Å². The SMILES string of the molecule is C/C=C/CCOc1ccc(CCC2CCC(c3cc(F)c(C#N)c(F)c3)CC2)cc1. The number of nitriles is 1. The van der Waals surface area contributed by atoms with E-state index in [4.69, 9.17) is 10.00 Å². The smallest absolute Gasteiger partial charge is 0.144 e. The summed E-state index contributed by atoms with van der Waals surface area (Å²) in [7, 11) is 0. The third-order valence-corrected chi connectivity index (χ3v) is 6.05. The summed E-state index contributed by atoms with van der Waals surface area (Å²) in [5.74, 6) is 0.237. The largest absolute Gasteiger partial charge is 0.493 e. The highest BCUT2D eigenvalue weighted by atomic mass is 19.1. The zero-order valence-electron chi connectivity index (χ0n) is 17.5. The number of rotatable bonds is 8. The maximum Gasteiger partial charge on any atom is 0.144 e. The fourth-order valence-electron chi connectivity index (χ4n) is 4.25. The standard InChI is InChI=1S/C26H29F2NO/c1-2-3-4-15-30-23-13-9-20(10-14-23)6-5-19-7-11-21(12-8-19)22-16-25(27)24(18-29)26(28)17-22/h2-3,9-10,13-14,16-17,19,21H,4-8,11-12,15H2,1H3/b3-2+. The molecule has 0 bridgehead atoms. The molecule has 2 nitrogen and oxygen atoms in total. The second kappa shape index (κ2) is 10.9. The first kappa shape index (κ1) is 22.0. The molecule has 1 saturated carbocycles. The minimum atomic E-state index is -0.746. The van der Waals surface area contributed by atoms with Gasteiger partial charge in [0.05, 0.1) is 6.61 Å². The van der Waals surface area contributed by atoms with Crippen molar-refractivity contribution in [1.29, 1.82) is 5.26 Å². The van der Waals surface area contributed by atoms with Crippen molar-refractivity contribution in [2.24, 2.45) is 5.92 Å². The van der Waals surface area contributed by atoms with Crippen LogP contribution in [0.4, 0.5) is 8.78 Å². The molecule has 1 aliphatic carbocycles. The van der Waals surface area contributed by atoms with Crippen molar-refractivity contribution < 1.29 is 13.5 Å². The number of ether oxygens (including phenoxy) is 1. The van der Waals surface area contributed by atoms with Gasteiger partial charge in [0.25, 0.3) is 0 Å². The van der Waals surface area contributed by atoms with E-state index in [9.17, 15) is 8.78 Å². The van der Waals surface area contributed by atoms with Gasteiger partial charge in [0.1, 0.15) is 29.0 Å². The summed E-state index contributed by atoms with van der Waals surface area (Å²) in [6.45, 7) is 2.70. The zero-order chi connectivity index (χ0) is 21.3. The normalized spacial score (nSPS) is 19.0. The van der Waals surface area contributed by atoms with Crippen LogP contribution in [0.1, 0.15) is 68.1 Å². The van der Waals surface area contributed by atoms with E-state index in [2.05, 4.69) is 18.2 Å². The van der Waals surface area contributed by atoms with Gasteiger partial charge in [-0.3, -0.25) is 0 Å². The molecule has 0 heterocycles. The highest BCUT2D eigenvalue weighted by Gasteiger charge is 2.24. The van der Waals surface area contributed by atoms with Crippen LogP contribution in [0, 0.1) is 28.9 Å². The van der Waals surface area contributed by atoms with E-state index in [1.54, 1.807) is 6.07 Å². The molecule has 1 aliphatic rings. The molecular weight excluding hydrogens is 380 g/mol. The molecule has 1 fully saturated rings. The average molecular weight is 410 g/mol. The summed E-state index contributed by atoms with van der Waals surface area (Å²) in [5.41, 5.74) is 1.52. The minimum Gasteiger partial charge on any atom is -0.493 e. The number of hydrogen-bond donors (Lipinski definition) is 0. The van der Waals surface area contributed by atoms with Crippen molar-refractivity contribution in [3.05, 3.63) is 76.9 Å². The Kier molecular flexibility index (Phi) is 8.02. The predicted octanol–water partition coefficient (Wildman–Crippen LogP) is 7.09. The molecule has 0 aromatic heterocycles. The van der Waals surface area contributed by atoms with Gasteiger partial charge < -0.3 is 4.74 Å². The summed E-state index contributed by atoms with van der Waals surface area (Å²) < 4.78 is 33.5. The van der Waals surface area contributed by atoms with E-state index in [1.807, 2.05) is 25.1 Å². The van der Waals surface area contributed by atoms with Crippen LogP contribution in [-0.2, 0) is 6.42 Å². The van der Waals surface area contributed by atoms with Crippen LogP contribution < -0.4 is 4.74 Å². The van der Waals surface area contributed by atoms with Crippen LogP contribution in [0.2, 0.25) is 0 Å². The molecule has 4 heteroatoms. The van der Waals surface area contributed by atoms with Crippen molar-refractivity contribution >= 4 is 0 Å². The lowest BCUT2D eigenvalue weighted by molar-refractivity contribution is 0.309. The van der Waals surface area contributed by atoms with E-state index in [-0.39, 0.29) is 5.92 Å². The van der Waals surface area contributed by atoms with Crippen molar-refractivity contribution in [3.63, 3.8) is 0 Å². The Labute approximate surface area is 178 Å². The minimum absolute atomic E-state index is 0.178. The first-order chi connectivity index (χ1) is 14.6. The van der Waals surface area contributed by atoms with Crippen LogP contribution in [0.3, 0.4) is 0 Å². The van der Waals surface area contributed by atoms with Crippen molar-refractivity contribution in [3.8, 4) is 11.8 Å². The van der Waals surface area contributed by atoms with Crippen LogP contribution in [-0.4, -0.2) is 6.61 Å². The molecule has 0 amide bonds. The average Bonchev–Trinajstić information content (AvgIpc) is 2.76. The van der Waals surface area contributed by atoms with Gasteiger partial charge in [0, 0.05) is 0 Å². The monoisotopic (exact) mass is 409 g/mol. The Balaban J connectivity index is 1.44. The predicted molar refractivity (Wildman–Crippen MR) is 115 cm³/mol. The number of hydrogen-bond acceptors (Lipinski definition) is 2. The molecule has 2 aromatic rings. The molecule has 0 spiro atoms. The first-order valence-corrected chi connectivity index (χ1v) is 10.8. The quantitative estimate of drug-likeness (QED) is 0.344. The summed E-state index contributed by atoms with van der Waals surface area (Å²) in [5, 5.41) is 8.82. The third kappa shape index (κ3) is 5.92. The molecular formula is C26H29F2NO. The van der Waals surface area contributed by atoms with E-state index < -0.39 is 17.2 Å². The highest BCUT2D eigenvalue weighted by Crippen LogP contribution is 2.38. The van der Waals surface area contributed by atoms with Gasteiger partial charge >= 0.3 is 0 Å².